The molecule has 24 heavy (non-hydrogen) atoms. The van der Waals surface area contributed by atoms with Crippen LogP contribution in [-0.2, 0) is 9.53 Å². The van der Waals surface area contributed by atoms with Crippen molar-refractivity contribution in [2.45, 2.75) is 70.9 Å². The molecular weight excluding hydrogens is 302 g/mol. The first-order chi connectivity index (χ1) is 11.6. The van der Waals surface area contributed by atoms with Gasteiger partial charge in [-0.3, -0.25) is 4.79 Å². The molecule has 0 aliphatic heterocycles. The van der Waals surface area contributed by atoms with Crippen LogP contribution in [0.5, 0.6) is 0 Å². The summed E-state index contributed by atoms with van der Waals surface area (Å²) in [4.78, 5) is 24.4. The van der Waals surface area contributed by atoms with Gasteiger partial charge in [0.15, 0.2) is 5.78 Å². The number of ether oxygens (including phenoxy) is 1. The largest absolute Gasteiger partial charge is 0.442 e. The molecule has 1 N–H and O–H groups in total. The first-order valence-corrected chi connectivity index (χ1v) is 9.18. The van der Waals surface area contributed by atoms with E-state index in [9.17, 15) is 9.59 Å². The Morgan fingerprint density at radius 3 is 2.71 bits per heavy atom. The number of carbonyl (C=O) groups is 2. The fourth-order valence-corrected chi connectivity index (χ4v) is 3.20. The molecule has 0 radical (unpaired) electrons. The fraction of sp³-hybridized carbons (Fsp3) is 0.600. The molecule has 0 saturated heterocycles. The standard InChI is InChI=1S/C20H29NO3/c1-3-8-17(4-2)21-20(23)24-18-13-11-16(12-14-18)19(22)15-9-6-5-7-10-15/h5-6,11-13,15,17-18H,3-4,7-10,14H2,1-2H3,(H,21,23). The molecule has 0 saturated carbocycles. The third kappa shape index (κ3) is 5.36. The number of rotatable bonds is 7. The first-order valence-electron chi connectivity index (χ1n) is 9.18. The minimum absolute atomic E-state index is 0.103. The summed E-state index contributed by atoms with van der Waals surface area (Å²) in [7, 11) is 0. The zero-order valence-corrected chi connectivity index (χ0v) is 14.8. The molecule has 0 bridgehead atoms. The van der Waals surface area contributed by atoms with Gasteiger partial charge < -0.3 is 10.1 Å². The molecule has 132 valence electrons. The van der Waals surface area contributed by atoms with Crippen LogP contribution in [0.4, 0.5) is 4.79 Å². The molecule has 4 nitrogen and oxygen atoms in total. The second kappa shape index (κ2) is 9.45. The van der Waals surface area contributed by atoms with Gasteiger partial charge in [-0.05, 0) is 38.2 Å². The number of hydrogen-bond donors (Lipinski definition) is 1. The average Bonchev–Trinajstić information content (AvgIpc) is 2.62. The van der Waals surface area contributed by atoms with Gasteiger partial charge in [-0.25, -0.2) is 4.79 Å². The van der Waals surface area contributed by atoms with Gasteiger partial charge in [-0.1, -0.05) is 44.6 Å². The predicted octanol–water partition coefficient (Wildman–Crippen LogP) is 4.47. The van der Waals surface area contributed by atoms with Gasteiger partial charge in [0, 0.05) is 24.0 Å². The van der Waals surface area contributed by atoms with Crippen LogP contribution in [0, 0.1) is 5.92 Å². The number of amides is 1. The Bertz CT molecular complexity index is 533. The molecule has 1 amide bonds. The minimum Gasteiger partial charge on any atom is -0.442 e. The maximum Gasteiger partial charge on any atom is 0.407 e. The van der Waals surface area contributed by atoms with Crippen molar-refractivity contribution in [1.82, 2.24) is 5.32 Å². The normalized spacial score (nSPS) is 24.2. The van der Waals surface area contributed by atoms with E-state index in [1.807, 2.05) is 18.2 Å². The number of carbonyl (C=O) groups excluding carboxylic acids is 2. The van der Waals surface area contributed by atoms with Crippen LogP contribution < -0.4 is 5.32 Å². The number of Topliss-reactive ketones (excluding diaryl/α,β-unsaturated/α-hetero) is 1. The summed E-state index contributed by atoms with van der Waals surface area (Å²) < 4.78 is 5.44. The number of hydrogen-bond acceptors (Lipinski definition) is 3. The summed E-state index contributed by atoms with van der Waals surface area (Å²) in [6.07, 6.45) is 15.3. The van der Waals surface area contributed by atoms with E-state index >= 15 is 0 Å². The van der Waals surface area contributed by atoms with Crippen LogP contribution in [0.1, 0.15) is 58.8 Å². The Hall–Kier alpha value is -1.84. The lowest BCUT2D eigenvalue weighted by molar-refractivity contribution is -0.119. The van der Waals surface area contributed by atoms with E-state index < -0.39 is 0 Å². The van der Waals surface area contributed by atoms with E-state index in [4.69, 9.17) is 4.74 Å². The van der Waals surface area contributed by atoms with Crippen molar-refractivity contribution in [2.75, 3.05) is 0 Å². The Morgan fingerprint density at radius 2 is 2.12 bits per heavy atom. The molecule has 0 aromatic rings. The summed E-state index contributed by atoms with van der Waals surface area (Å²) in [5.74, 6) is 0.318. The van der Waals surface area contributed by atoms with Crippen molar-refractivity contribution in [2.24, 2.45) is 5.92 Å². The molecule has 2 aliphatic rings. The summed E-state index contributed by atoms with van der Waals surface area (Å²) in [5, 5.41) is 2.91. The maximum atomic E-state index is 12.5. The molecular formula is C20H29NO3. The Labute approximate surface area is 145 Å². The van der Waals surface area contributed by atoms with E-state index in [0.29, 0.717) is 6.42 Å². The molecule has 3 atom stereocenters. The van der Waals surface area contributed by atoms with Gasteiger partial charge in [0.25, 0.3) is 0 Å². The molecule has 0 fully saturated rings. The Kier molecular flexibility index (Phi) is 7.29. The number of alkyl carbamates (subject to hydrolysis) is 1. The molecule has 2 rings (SSSR count). The zero-order valence-electron chi connectivity index (χ0n) is 14.8. The summed E-state index contributed by atoms with van der Waals surface area (Å²) in [5.41, 5.74) is 0.757. The van der Waals surface area contributed by atoms with Crippen molar-refractivity contribution in [1.29, 1.82) is 0 Å². The Morgan fingerprint density at radius 1 is 1.29 bits per heavy atom. The molecule has 4 heteroatoms. The van der Waals surface area contributed by atoms with Crippen molar-refractivity contribution >= 4 is 11.9 Å². The molecule has 0 heterocycles. The number of nitrogens with one attached hydrogen (secondary N) is 1. The van der Waals surface area contributed by atoms with Crippen molar-refractivity contribution in [3.63, 3.8) is 0 Å². The van der Waals surface area contributed by atoms with Gasteiger partial charge in [0.2, 0.25) is 0 Å². The number of allylic oxidation sites excluding steroid dienone is 4. The maximum absolute atomic E-state index is 12.5. The molecule has 0 aromatic heterocycles. The van der Waals surface area contributed by atoms with E-state index in [1.165, 1.54) is 0 Å². The highest BCUT2D eigenvalue weighted by molar-refractivity contribution is 6.00. The van der Waals surface area contributed by atoms with Crippen molar-refractivity contribution in [3.8, 4) is 0 Å². The fourth-order valence-electron chi connectivity index (χ4n) is 3.20. The molecule has 3 unspecified atom stereocenters. The van der Waals surface area contributed by atoms with Crippen LogP contribution in [0.15, 0.2) is 36.0 Å². The second-order valence-electron chi connectivity index (χ2n) is 6.58. The van der Waals surface area contributed by atoms with Gasteiger partial charge in [-0.2, -0.15) is 0 Å². The third-order valence-corrected chi connectivity index (χ3v) is 4.70. The summed E-state index contributed by atoms with van der Waals surface area (Å²) in [6, 6.07) is 0.169. The third-order valence-electron chi connectivity index (χ3n) is 4.70. The quantitative estimate of drug-likeness (QED) is 0.700. The predicted molar refractivity (Wildman–Crippen MR) is 95.7 cm³/mol. The Balaban J connectivity index is 1.80. The topological polar surface area (TPSA) is 55.4 Å². The van der Waals surface area contributed by atoms with Crippen LogP contribution in [-0.4, -0.2) is 24.0 Å². The van der Waals surface area contributed by atoms with Crippen molar-refractivity contribution < 1.29 is 14.3 Å². The lowest BCUT2D eigenvalue weighted by Crippen LogP contribution is -2.36. The van der Waals surface area contributed by atoms with Crippen LogP contribution in [0.2, 0.25) is 0 Å². The van der Waals surface area contributed by atoms with Crippen LogP contribution >= 0.6 is 0 Å². The summed E-state index contributed by atoms with van der Waals surface area (Å²) >= 11 is 0. The van der Waals surface area contributed by atoms with Gasteiger partial charge in [-0.15, -0.1) is 0 Å². The van der Waals surface area contributed by atoms with Gasteiger partial charge in [0.05, 0.1) is 0 Å². The molecule has 0 spiro atoms. The first kappa shape index (κ1) is 18.5. The highest BCUT2D eigenvalue weighted by atomic mass is 16.6. The highest BCUT2D eigenvalue weighted by Gasteiger charge is 2.23. The molecule has 2 aliphatic carbocycles. The van der Waals surface area contributed by atoms with E-state index in [0.717, 1.165) is 44.1 Å². The number of ketones is 1. The molecule has 0 aromatic carbocycles. The van der Waals surface area contributed by atoms with Crippen molar-refractivity contribution in [3.05, 3.63) is 36.0 Å². The summed E-state index contributed by atoms with van der Waals surface area (Å²) in [6.45, 7) is 4.16. The van der Waals surface area contributed by atoms with E-state index in [2.05, 4.69) is 31.3 Å². The monoisotopic (exact) mass is 331 g/mol. The lowest BCUT2D eigenvalue weighted by Gasteiger charge is -2.22. The SMILES string of the molecule is CCCC(CC)NC(=O)OC1C=CC(C(=O)C2CC=CCC2)=CC1. The smallest absolute Gasteiger partial charge is 0.407 e. The van der Waals surface area contributed by atoms with Gasteiger partial charge >= 0.3 is 6.09 Å². The zero-order chi connectivity index (χ0) is 17.4. The van der Waals surface area contributed by atoms with E-state index in [1.54, 1.807) is 0 Å². The highest BCUT2D eigenvalue weighted by Crippen LogP contribution is 2.25. The second-order valence-corrected chi connectivity index (χ2v) is 6.58. The minimum atomic E-state index is -0.370. The van der Waals surface area contributed by atoms with Crippen LogP contribution in [0.25, 0.3) is 0 Å². The van der Waals surface area contributed by atoms with Crippen LogP contribution in [0.3, 0.4) is 0 Å². The van der Waals surface area contributed by atoms with E-state index in [-0.39, 0.29) is 29.9 Å². The van der Waals surface area contributed by atoms with Gasteiger partial charge in [0.1, 0.15) is 6.10 Å². The average molecular weight is 331 g/mol. The lowest BCUT2D eigenvalue weighted by atomic mass is 9.85.